The summed E-state index contributed by atoms with van der Waals surface area (Å²) >= 11 is 0. The van der Waals surface area contributed by atoms with E-state index in [9.17, 15) is 21.6 Å². The van der Waals surface area contributed by atoms with Crippen LogP contribution in [0.5, 0.6) is 0 Å². The summed E-state index contributed by atoms with van der Waals surface area (Å²) < 4.78 is 60.0. The van der Waals surface area contributed by atoms with E-state index in [1.165, 1.54) is 0 Å². The monoisotopic (exact) mass is 388 g/mol. The van der Waals surface area contributed by atoms with Crippen molar-refractivity contribution in [3.63, 3.8) is 0 Å². The van der Waals surface area contributed by atoms with Crippen LogP contribution >= 0.6 is 0 Å². The van der Waals surface area contributed by atoms with Gasteiger partial charge in [0.1, 0.15) is 0 Å². The fraction of sp³-hybridized carbons (Fsp3) is 0.833. The topological polar surface area (TPSA) is 46.2 Å². The van der Waals surface area contributed by atoms with Gasteiger partial charge in [-0.15, -0.1) is 0 Å². The maximum Gasteiger partial charge on any atom is 0.511 e. The van der Waals surface area contributed by atoms with E-state index in [4.69, 9.17) is 0 Å². The number of hydrogen-bond acceptors (Lipinski definition) is 2. The largest absolute Gasteiger partial charge is 0.511 e. The molecule has 1 radical (unpaired) electrons. The van der Waals surface area contributed by atoms with Gasteiger partial charge in [-0.3, -0.25) is 0 Å². The Morgan fingerprint density at radius 3 is 2.20 bits per heavy atom. The first-order valence-electron chi connectivity index (χ1n) is 6.45. The van der Waals surface area contributed by atoms with Gasteiger partial charge in [-0.1, -0.05) is 26.7 Å². The van der Waals surface area contributed by atoms with Crippen molar-refractivity contribution in [2.24, 2.45) is 17.8 Å². The Kier molecular flexibility index (Phi) is 8.78. The van der Waals surface area contributed by atoms with Crippen molar-refractivity contribution in [1.82, 2.24) is 4.72 Å². The van der Waals surface area contributed by atoms with Gasteiger partial charge in [0.05, 0.1) is 0 Å². The van der Waals surface area contributed by atoms with Crippen molar-refractivity contribution in [3.8, 4) is 0 Å². The Labute approximate surface area is 144 Å². The summed E-state index contributed by atoms with van der Waals surface area (Å²) in [5, 5.41) is 0. The maximum absolute atomic E-state index is 12.2. The molecule has 0 spiro atoms. The summed E-state index contributed by atoms with van der Waals surface area (Å²) in [5.74, 6) is 0.601. The Morgan fingerprint density at radius 2 is 1.75 bits per heavy atom. The molecule has 8 heteroatoms. The molecule has 0 aromatic rings. The van der Waals surface area contributed by atoms with E-state index in [1.54, 1.807) is 4.72 Å². The van der Waals surface area contributed by atoms with Crippen LogP contribution in [0, 0.1) is 30.6 Å². The van der Waals surface area contributed by atoms with Crippen LogP contribution in [-0.4, -0.2) is 20.5 Å². The van der Waals surface area contributed by atoms with E-state index < -0.39 is 15.5 Å². The van der Waals surface area contributed by atoms with Gasteiger partial charge in [0.2, 0.25) is 0 Å². The molecule has 117 valence electrons. The van der Waals surface area contributed by atoms with Crippen molar-refractivity contribution in [1.29, 1.82) is 0 Å². The Morgan fingerprint density at radius 1 is 1.20 bits per heavy atom. The molecule has 0 aromatic carbocycles. The molecule has 1 rings (SSSR count). The minimum absolute atomic E-state index is 0. The van der Waals surface area contributed by atoms with Crippen molar-refractivity contribution in [2.45, 2.75) is 38.6 Å². The van der Waals surface area contributed by atoms with Crippen molar-refractivity contribution < 1.29 is 54.3 Å². The van der Waals surface area contributed by atoms with Gasteiger partial charge >= 0.3 is 15.5 Å². The second-order valence-corrected chi connectivity index (χ2v) is 6.62. The van der Waals surface area contributed by atoms with Crippen molar-refractivity contribution in [2.75, 3.05) is 6.54 Å². The van der Waals surface area contributed by atoms with Crippen molar-refractivity contribution in [3.05, 3.63) is 12.8 Å². The van der Waals surface area contributed by atoms with E-state index in [2.05, 4.69) is 13.3 Å². The average molecular weight is 388 g/mol. The number of sulfonamides is 1. The van der Waals surface area contributed by atoms with Gasteiger partial charge in [-0.05, 0) is 6.54 Å². The average Bonchev–Trinajstić information content (AvgIpc) is 2.34. The normalized spacial score (nSPS) is 27.9. The van der Waals surface area contributed by atoms with Crippen LogP contribution in [0.15, 0.2) is 0 Å². The van der Waals surface area contributed by atoms with Crippen LogP contribution < -0.4 is 4.72 Å². The summed E-state index contributed by atoms with van der Waals surface area (Å²) in [6.07, 6.45) is 6.62. The molecule has 3 nitrogen and oxygen atoms in total. The summed E-state index contributed by atoms with van der Waals surface area (Å²) in [6, 6.07) is 0. The molecule has 20 heavy (non-hydrogen) atoms. The van der Waals surface area contributed by atoms with Gasteiger partial charge < -0.3 is 12.8 Å². The number of nitrogens with one attached hydrogen (secondary N) is 1. The number of hydrogen-bond donors (Lipinski definition) is 1. The Bertz CT molecular complexity index is 387. The number of alkyl halides is 3. The molecule has 0 aromatic heterocycles. The molecular weight excluding hydrogens is 368 g/mol. The molecule has 0 aliphatic heterocycles. The molecule has 0 saturated heterocycles. The third kappa shape index (κ3) is 5.54. The van der Waals surface area contributed by atoms with E-state index in [0.717, 1.165) is 12.8 Å². The van der Waals surface area contributed by atoms with E-state index in [-0.39, 0.29) is 45.2 Å². The summed E-state index contributed by atoms with van der Waals surface area (Å²) in [6.45, 7) is 3.91. The molecule has 0 heterocycles. The molecule has 1 fully saturated rings. The summed E-state index contributed by atoms with van der Waals surface area (Å²) in [4.78, 5) is 0. The molecular formula is C12H20F3NO2SY-2. The molecule has 0 amide bonds. The molecule has 3 unspecified atom stereocenters. The fourth-order valence-corrected chi connectivity index (χ4v) is 3.05. The zero-order valence-corrected chi connectivity index (χ0v) is 15.3. The van der Waals surface area contributed by atoms with Gasteiger partial charge in [0.15, 0.2) is 0 Å². The Hall–Kier alpha value is 0.804. The number of halogens is 3. The quantitative estimate of drug-likeness (QED) is 0.737. The minimum Gasteiger partial charge on any atom is -0.330 e. The fourth-order valence-electron chi connectivity index (χ4n) is 2.45. The van der Waals surface area contributed by atoms with E-state index >= 15 is 0 Å². The van der Waals surface area contributed by atoms with Crippen LogP contribution in [0.1, 0.15) is 33.1 Å². The third-order valence-electron chi connectivity index (χ3n) is 3.59. The van der Waals surface area contributed by atoms with Gasteiger partial charge in [0, 0.05) is 32.7 Å². The van der Waals surface area contributed by atoms with Gasteiger partial charge in [-0.25, -0.2) is 19.6 Å². The van der Waals surface area contributed by atoms with E-state index in [1.807, 2.05) is 13.3 Å². The SMILES string of the molecule is CCC1[CH-]CC(CNS(=O)(=O)C(F)(F)F)[CH-]C1CC.[Y]. The zero-order chi connectivity index (χ0) is 14.7. The third-order valence-corrected chi connectivity index (χ3v) is 4.75. The molecule has 1 saturated carbocycles. The first-order valence-corrected chi connectivity index (χ1v) is 7.93. The van der Waals surface area contributed by atoms with Crippen LogP contribution in [-0.2, 0) is 42.7 Å². The Balaban J connectivity index is 0.00000361. The predicted octanol–water partition coefficient (Wildman–Crippen LogP) is 2.90. The predicted molar refractivity (Wildman–Crippen MR) is 67.2 cm³/mol. The van der Waals surface area contributed by atoms with Gasteiger partial charge in [-0.2, -0.15) is 30.9 Å². The van der Waals surface area contributed by atoms with Crippen LogP contribution in [0.25, 0.3) is 0 Å². The van der Waals surface area contributed by atoms with Crippen LogP contribution in [0.3, 0.4) is 0 Å². The zero-order valence-electron chi connectivity index (χ0n) is 11.7. The minimum atomic E-state index is -5.23. The first kappa shape index (κ1) is 20.8. The second kappa shape index (κ2) is 8.44. The van der Waals surface area contributed by atoms with Crippen LogP contribution in [0.2, 0.25) is 0 Å². The molecule has 1 N–H and O–H groups in total. The molecule has 3 atom stereocenters. The molecule has 1 aliphatic rings. The number of rotatable bonds is 5. The molecule has 0 bridgehead atoms. The van der Waals surface area contributed by atoms with E-state index in [0.29, 0.717) is 18.3 Å². The van der Waals surface area contributed by atoms with Crippen molar-refractivity contribution >= 4 is 10.0 Å². The molecule has 1 aliphatic carbocycles. The van der Waals surface area contributed by atoms with Gasteiger partial charge in [0.25, 0.3) is 0 Å². The standard InChI is InChI=1S/C12H20F3NO2S.Y/c1-3-10-6-5-9(7-11(10)4-2)8-16-19(17,18)12(13,14)15;/h6-7,9-11,16H,3-5,8H2,1-2H3;/q-2;. The van der Waals surface area contributed by atoms with Crippen LogP contribution in [0.4, 0.5) is 13.2 Å². The summed E-state index contributed by atoms with van der Waals surface area (Å²) in [7, 11) is -5.22. The first-order chi connectivity index (χ1) is 8.71. The maximum atomic E-state index is 12.2. The summed E-state index contributed by atoms with van der Waals surface area (Å²) in [5.41, 5.74) is -5.23. The second-order valence-electron chi connectivity index (χ2n) is 4.87. The smallest absolute Gasteiger partial charge is 0.330 e.